The molecule has 1 fully saturated rings. The molecule has 0 saturated heterocycles. The Morgan fingerprint density at radius 3 is 2.74 bits per heavy atom. The summed E-state index contributed by atoms with van der Waals surface area (Å²) in [5.74, 6) is 0. The number of nitrogens with zero attached hydrogens (tertiary/aromatic N) is 1. The highest BCUT2D eigenvalue weighted by Crippen LogP contribution is 2.26. The molecule has 0 aliphatic heterocycles. The second-order valence-corrected chi connectivity index (χ2v) is 7.56. The molecule has 0 spiro atoms. The Bertz CT molecular complexity index is 557. The molecular weight excluding hydrogens is 314 g/mol. The average molecular weight is 340 g/mol. The maximum Gasteiger partial charge on any atom is 0.407 e. The molecule has 6 heteroatoms. The summed E-state index contributed by atoms with van der Waals surface area (Å²) < 4.78 is 5.33. The van der Waals surface area contributed by atoms with E-state index in [1.54, 1.807) is 6.20 Å². The smallest absolute Gasteiger partial charge is 0.407 e. The number of carbonyl (C=O) groups is 1. The predicted molar refractivity (Wildman–Crippen MR) is 93.0 cm³/mol. The molecule has 128 valence electrons. The highest BCUT2D eigenvalue weighted by Gasteiger charge is 2.25. The third kappa shape index (κ3) is 5.90. The molecular formula is C17H26ClN3O2. The number of aromatic nitrogens is 1. The summed E-state index contributed by atoms with van der Waals surface area (Å²) in [5.41, 5.74) is 1.45. The predicted octanol–water partition coefficient (Wildman–Crippen LogP) is 4.29. The maximum absolute atomic E-state index is 11.9. The van der Waals surface area contributed by atoms with E-state index in [0.29, 0.717) is 5.15 Å². The van der Waals surface area contributed by atoms with Crippen LogP contribution in [0.25, 0.3) is 0 Å². The second-order valence-electron chi connectivity index (χ2n) is 7.20. The number of hydrogen-bond acceptors (Lipinski definition) is 4. The number of hydrogen-bond donors (Lipinski definition) is 2. The molecule has 23 heavy (non-hydrogen) atoms. The molecule has 2 unspecified atom stereocenters. The van der Waals surface area contributed by atoms with Gasteiger partial charge in [0.25, 0.3) is 0 Å². The normalized spacial score (nSPS) is 21.6. The summed E-state index contributed by atoms with van der Waals surface area (Å²) in [5, 5.41) is 6.91. The molecule has 1 aliphatic rings. The third-order valence-electron chi connectivity index (χ3n) is 3.73. The Balaban J connectivity index is 1.90. The summed E-state index contributed by atoms with van der Waals surface area (Å²) in [4.78, 5) is 16.1. The Morgan fingerprint density at radius 1 is 1.35 bits per heavy atom. The van der Waals surface area contributed by atoms with Crippen LogP contribution in [0, 0.1) is 6.92 Å². The lowest BCUT2D eigenvalue weighted by Gasteiger charge is -2.31. The van der Waals surface area contributed by atoms with Crippen LogP contribution < -0.4 is 10.6 Å². The van der Waals surface area contributed by atoms with E-state index in [0.717, 1.165) is 36.9 Å². The largest absolute Gasteiger partial charge is 0.444 e. The molecule has 5 nitrogen and oxygen atoms in total. The zero-order valence-electron chi connectivity index (χ0n) is 14.3. The lowest BCUT2D eigenvalue weighted by molar-refractivity contribution is 0.0492. The number of halogens is 1. The van der Waals surface area contributed by atoms with Crippen LogP contribution in [0.15, 0.2) is 12.3 Å². The quantitative estimate of drug-likeness (QED) is 0.806. The first-order valence-electron chi connectivity index (χ1n) is 8.11. The fraction of sp³-hybridized carbons (Fsp3) is 0.647. The minimum Gasteiger partial charge on any atom is -0.444 e. The zero-order valence-corrected chi connectivity index (χ0v) is 15.0. The van der Waals surface area contributed by atoms with Crippen molar-refractivity contribution in [3.63, 3.8) is 0 Å². The monoisotopic (exact) mass is 339 g/mol. The highest BCUT2D eigenvalue weighted by atomic mass is 35.5. The van der Waals surface area contributed by atoms with Crippen molar-refractivity contribution in [2.45, 2.75) is 71.1 Å². The molecule has 1 aliphatic carbocycles. The number of carbonyl (C=O) groups excluding carboxylic acids is 1. The van der Waals surface area contributed by atoms with E-state index in [-0.39, 0.29) is 18.2 Å². The van der Waals surface area contributed by atoms with Gasteiger partial charge in [-0.1, -0.05) is 11.6 Å². The molecule has 1 amide bonds. The number of ether oxygens (including phenoxy) is 1. The van der Waals surface area contributed by atoms with Gasteiger partial charge in [-0.15, -0.1) is 0 Å². The number of nitrogens with one attached hydrogen (secondary N) is 2. The molecule has 0 aromatic carbocycles. The summed E-state index contributed by atoms with van der Waals surface area (Å²) in [6.07, 6.45) is 5.33. The SMILES string of the molecule is Cc1cnc(Cl)c(NC2CCCC(NC(=O)OC(C)(C)C)C2)c1. The van der Waals surface area contributed by atoms with Crippen LogP contribution in [0.3, 0.4) is 0 Å². The van der Waals surface area contributed by atoms with Gasteiger partial charge in [0.15, 0.2) is 5.15 Å². The van der Waals surface area contributed by atoms with Gasteiger partial charge in [0.05, 0.1) is 5.69 Å². The van der Waals surface area contributed by atoms with E-state index in [2.05, 4.69) is 15.6 Å². The van der Waals surface area contributed by atoms with Gasteiger partial charge in [-0.3, -0.25) is 0 Å². The van der Waals surface area contributed by atoms with Gasteiger partial charge in [0.2, 0.25) is 0 Å². The first-order valence-corrected chi connectivity index (χ1v) is 8.49. The van der Waals surface area contributed by atoms with Crippen molar-refractivity contribution in [1.29, 1.82) is 0 Å². The van der Waals surface area contributed by atoms with Crippen molar-refractivity contribution in [2.24, 2.45) is 0 Å². The number of amides is 1. The van der Waals surface area contributed by atoms with Crippen LogP contribution in [0.5, 0.6) is 0 Å². The van der Waals surface area contributed by atoms with Crippen LogP contribution in [0.1, 0.15) is 52.0 Å². The Hall–Kier alpha value is -1.49. The summed E-state index contributed by atoms with van der Waals surface area (Å²) in [7, 11) is 0. The van der Waals surface area contributed by atoms with E-state index in [1.165, 1.54) is 0 Å². The van der Waals surface area contributed by atoms with E-state index in [4.69, 9.17) is 16.3 Å². The fourth-order valence-corrected chi connectivity index (χ4v) is 2.96. The van der Waals surface area contributed by atoms with Gasteiger partial charge in [0.1, 0.15) is 5.60 Å². The summed E-state index contributed by atoms with van der Waals surface area (Å²) in [6, 6.07) is 2.39. The van der Waals surface area contributed by atoms with E-state index < -0.39 is 5.60 Å². The van der Waals surface area contributed by atoms with Crippen LogP contribution in [-0.4, -0.2) is 28.8 Å². The molecule has 2 atom stereocenters. The number of anilines is 1. The minimum atomic E-state index is -0.475. The summed E-state index contributed by atoms with van der Waals surface area (Å²) >= 11 is 6.15. The van der Waals surface area contributed by atoms with Gasteiger partial charge >= 0.3 is 6.09 Å². The zero-order chi connectivity index (χ0) is 17.0. The number of aryl methyl sites for hydroxylation is 1. The van der Waals surface area contributed by atoms with Gasteiger partial charge in [-0.25, -0.2) is 9.78 Å². The van der Waals surface area contributed by atoms with Crippen molar-refractivity contribution < 1.29 is 9.53 Å². The van der Waals surface area contributed by atoms with Crippen LogP contribution >= 0.6 is 11.6 Å². The average Bonchev–Trinajstić information content (AvgIpc) is 2.41. The Kier molecular flexibility index (Phi) is 5.74. The van der Waals surface area contributed by atoms with Crippen molar-refractivity contribution in [3.8, 4) is 0 Å². The summed E-state index contributed by atoms with van der Waals surface area (Å²) in [6.45, 7) is 7.59. The molecule has 2 N–H and O–H groups in total. The van der Waals surface area contributed by atoms with Crippen molar-refractivity contribution >= 4 is 23.4 Å². The van der Waals surface area contributed by atoms with Gasteiger partial charge in [0, 0.05) is 18.3 Å². The van der Waals surface area contributed by atoms with E-state index in [9.17, 15) is 4.79 Å². The first kappa shape index (κ1) is 17.9. The molecule has 1 aromatic heterocycles. The van der Waals surface area contributed by atoms with Crippen molar-refractivity contribution in [2.75, 3.05) is 5.32 Å². The standard InChI is InChI=1S/C17H26ClN3O2/c1-11-8-14(15(18)19-10-11)20-12-6-5-7-13(9-12)21-16(22)23-17(2,3)4/h8,10,12-13,20H,5-7,9H2,1-4H3,(H,21,22). The maximum atomic E-state index is 11.9. The Labute approximate surface area is 143 Å². The molecule has 1 aromatic rings. The molecule has 0 radical (unpaired) electrons. The first-order chi connectivity index (χ1) is 10.7. The molecule has 0 bridgehead atoms. The molecule has 2 rings (SSSR count). The van der Waals surface area contributed by atoms with Crippen LogP contribution in [0.4, 0.5) is 10.5 Å². The number of pyridine rings is 1. The van der Waals surface area contributed by atoms with Crippen molar-refractivity contribution in [1.82, 2.24) is 10.3 Å². The fourth-order valence-electron chi connectivity index (χ4n) is 2.80. The van der Waals surface area contributed by atoms with Crippen molar-refractivity contribution in [3.05, 3.63) is 23.0 Å². The van der Waals surface area contributed by atoms with Gasteiger partial charge in [-0.2, -0.15) is 0 Å². The Morgan fingerprint density at radius 2 is 2.04 bits per heavy atom. The van der Waals surface area contributed by atoms with E-state index >= 15 is 0 Å². The second kappa shape index (κ2) is 7.39. The van der Waals surface area contributed by atoms with Crippen LogP contribution in [0.2, 0.25) is 5.15 Å². The third-order valence-corrected chi connectivity index (χ3v) is 4.03. The van der Waals surface area contributed by atoms with Gasteiger partial charge < -0.3 is 15.4 Å². The lowest BCUT2D eigenvalue weighted by atomic mass is 9.91. The van der Waals surface area contributed by atoms with E-state index in [1.807, 2.05) is 33.8 Å². The lowest BCUT2D eigenvalue weighted by Crippen LogP contribution is -2.43. The van der Waals surface area contributed by atoms with Crippen LogP contribution in [-0.2, 0) is 4.74 Å². The topological polar surface area (TPSA) is 63.2 Å². The molecule has 1 heterocycles. The molecule has 1 saturated carbocycles. The van der Waals surface area contributed by atoms with Gasteiger partial charge in [-0.05, 0) is 65.0 Å². The number of rotatable bonds is 3. The number of alkyl carbamates (subject to hydrolysis) is 1. The highest BCUT2D eigenvalue weighted by molar-refractivity contribution is 6.31. The minimum absolute atomic E-state index is 0.118.